The summed E-state index contributed by atoms with van der Waals surface area (Å²) in [6.45, 7) is 2.16. The highest BCUT2D eigenvalue weighted by Gasteiger charge is 2.16. The molecule has 0 spiro atoms. The van der Waals surface area contributed by atoms with E-state index in [0.29, 0.717) is 30.3 Å². The van der Waals surface area contributed by atoms with E-state index in [9.17, 15) is 4.79 Å². The maximum absolute atomic E-state index is 12.1. The van der Waals surface area contributed by atoms with Gasteiger partial charge in [0.2, 0.25) is 0 Å². The number of carbonyl (C=O) groups is 1. The molecule has 1 saturated heterocycles. The van der Waals surface area contributed by atoms with Crippen LogP contribution < -0.4 is 14.8 Å². The molecule has 1 unspecified atom stereocenters. The van der Waals surface area contributed by atoms with Crippen LogP contribution in [0.2, 0.25) is 5.02 Å². The monoisotopic (exact) mass is 375 g/mol. The summed E-state index contributed by atoms with van der Waals surface area (Å²) in [6, 6.07) is 14.2. The highest BCUT2D eigenvalue weighted by atomic mass is 35.5. The van der Waals surface area contributed by atoms with Crippen LogP contribution in [0.1, 0.15) is 23.2 Å². The first-order valence-electron chi connectivity index (χ1n) is 8.72. The molecular weight excluding hydrogens is 354 g/mol. The summed E-state index contributed by atoms with van der Waals surface area (Å²) >= 11 is 5.82. The van der Waals surface area contributed by atoms with Crippen molar-refractivity contribution in [3.05, 3.63) is 59.1 Å². The second-order valence-corrected chi connectivity index (χ2v) is 6.47. The minimum atomic E-state index is -0.143. The fourth-order valence-corrected chi connectivity index (χ4v) is 2.76. The Kier molecular flexibility index (Phi) is 6.75. The summed E-state index contributed by atoms with van der Waals surface area (Å²) in [5.41, 5.74) is 0.584. The van der Waals surface area contributed by atoms with Gasteiger partial charge in [0.05, 0.1) is 12.6 Å². The molecule has 0 radical (unpaired) electrons. The molecule has 5 nitrogen and oxygen atoms in total. The number of hydrogen-bond donors (Lipinski definition) is 1. The minimum Gasteiger partial charge on any atom is -0.492 e. The molecule has 6 heteroatoms. The molecule has 2 aromatic rings. The van der Waals surface area contributed by atoms with Crippen LogP contribution in [0.3, 0.4) is 0 Å². The lowest BCUT2D eigenvalue weighted by Gasteiger charge is -2.12. The standard InChI is InChI=1S/C20H22ClNO4/c21-16-5-9-17(10-6-16)25-13-11-22-20(23)15-3-7-18(8-4-15)26-14-19-2-1-12-24-19/h3-10,19H,1-2,11-14H2,(H,22,23). The van der Waals surface area contributed by atoms with Gasteiger partial charge in [0.1, 0.15) is 24.7 Å². The predicted octanol–water partition coefficient (Wildman–Crippen LogP) is 3.71. The SMILES string of the molecule is O=C(NCCOc1ccc(Cl)cc1)c1ccc(OCC2CCCO2)cc1. The van der Waals surface area contributed by atoms with Crippen LogP contribution in [-0.2, 0) is 4.74 Å². The lowest BCUT2D eigenvalue weighted by Crippen LogP contribution is -2.28. The molecule has 0 saturated carbocycles. The molecule has 1 N–H and O–H groups in total. The van der Waals surface area contributed by atoms with Crippen molar-refractivity contribution in [2.45, 2.75) is 18.9 Å². The van der Waals surface area contributed by atoms with E-state index in [1.54, 1.807) is 48.5 Å². The lowest BCUT2D eigenvalue weighted by molar-refractivity contribution is 0.0679. The van der Waals surface area contributed by atoms with Crippen LogP contribution in [0.4, 0.5) is 0 Å². The smallest absolute Gasteiger partial charge is 0.251 e. The first kappa shape index (κ1) is 18.5. The molecule has 1 amide bonds. The second kappa shape index (κ2) is 9.46. The zero-order chi connectivity index (χ0) is 18.2. The summed E-state index contributed by atoms with van der Waals surface area (Å²) < 4.78 is 16.8. The Morgan fingerprint density at radius 2 is 1.77 bits per heavy atom. The van der Waals surface area contributed by atoms with Gasteiger partial charge in [-0.3, -0.25) is 4.79 Å². The molecule has 0 aliphatic carbocycles. The van der Waals surface area contributed by atoms with E-state index in [1.807, 2.05) is 0 Å². The number of amides is 1. The Hall–Kier alpha value is -2.24. The fourth-order valence-electron chi connectivity index (χ4n) is 2.63. The van der Waals surface area contributed by atoms with Crippen LogP contribution >= 0.6 is 11.6 Å². The molecule has 1 aliphatic rings. The molecule has 138 valence electrons. The number of benzene rings is 2. The van der Waals surface area contributed by atoms with Gasteiger partial charge in [-0.05, 0) is 61.4 Å². The number of carbonyl (C=O) groups excluding carboxylic acids is 1. The maximum atomic E-state index is 12.1. The number of nitrogens with one attached hydrogen (secondary N) is 1. The van der Waals surface area contributed by atoms with E-state index in [-0.39, 0.29) is 12.0 Å². The molecule has 1 aliphatic heterocycles. The van der Waals surface area contributed by atoms with Crippen LogP contribution in [0.15, 0.2) is 48.5 Å². The summed E-state index contributed by atoms with van der Waals surface area (Å²) in [4.78, 5) is 12.1. The number of halogens is 1. The van der Waals surface area contributed by atoms with E-state index >= 15 is 0 Å². The van der Waals surface area contributed by atoms with Crippen molar-refractivity contribution in [2.24, 2.45) is 0 Å². The van der Waals surface area contributed by atoms with Crippen LogP contribution in [0.5, 0.6) is 11.5 Å². The van der Waals surface area contributed by atoms with Crippen molar-refractivity contribution >= 4 is 17.5 Å². The third kappa shape index (κ3) is 5.64. The Morgan fingerprint density at radius 1 is 1.08 bits per heavy atom. The average molecular weight is 376 g/mol. The van der Waals surface area contributed by atoms with Gasteiger partial charge in [-0.25, -0.2) is 0 Å². The highest BCUT2D eigenvalue weighted by Crippen LogP contribution is 2.17. The van der Waals surface area contributed by atoms with Gasteiger partial charge in [-0.1, -0.05) is 11.6 Å². The zero-order valence-corrected chi connectivity index (χ0v) is 15.2. The van der Waals surface area contributed by atoms with Crippen molar-refractivity contribution in [3.8, 4) is 11.5 Å². The highest BCUT2D eigenvalue weighted by molar-refractivity contribution is 6.30. The van der Waals surface area contributed by atoms with E-state index in [2.05, 4.69) is 5.32 Å². The Morgan fingerprint density at radius 3 is 2.46 bits per heavy atom. The maximum Gasteiger partial charge on any atom is 0.251 e. The van der Waals surface area contributed by atoms with E-state index in [0.717, 1.165) is 30.9 Å². The van der Waals surface area contributed by atoms with E-state index < -0.39 is 0 Å². The van der Waals surface area contributed by atoms with Gasteiger partial charge in [0, 0.05) is 17.2 Å². The van der Waals surface area contributed by atoms with Crippen LogP contribution in [0.25, 0.3) is 0 Å². The summed E-state index contributed by atoms with van der Waals surface area (Å²) in [6.07, 6.45) is 2.31. The van der Waals surface area contributed by atoms with Gasteiger partial charge in [-0.15, -0.1) is 0 Å². The molecule has 3 rings (SSSR count). The third-order valence-electron chi connectivity index (χ3n) is 4.05. The molecule has 1 atom stereocenters. The molecule has 0 bridgehead atoms. The van der Waals surface area contributed by atoms with Crippen molar-refractivity contribution in [3.63, 3.8) is 0 Å². The number of ether oxygens (including phenoxy) is 3. The minimum absolute atomic E-state index is 0.143. The topological polar surface area (TPSA) is 56.8 Å². The van der Waals surface area contributed by atoms with Crippen molar-refractivity contribution in [1.29, 1.82) is 0 Å². The van der Waals surface area contributed by atoms with E-state index in [1.165, 1.54) is 0 Å². The largest absolute Gasteiger partial charge is 0.492 e. The molecule has 26 heavy (non-hydrogen) atoms. The number of hydrogen-bond acceptors (Lipinski definition) is 4. The van der Waals surface area contributed by atoms with Crippen molar-refractivity contribution < 1.29 is 19.0 Å². The Labute approximate surface area is 158 Å². The summed E-state index contributed by atoms with van der Waals surface area (Å²) in [7, 11) is 0. The first-order valence-corrected chi connectivity index (χ1v) is 9.09. The van der Waals surface area contributed by atoms with Crippen molar-refractivity contribution in [1.82, 2.24) is 5.32 Å². The van der Waals surface area contributed by atoms with Gasteiger partial charge in [0.15, 0.2) is 0 Å². The third-order valence-corrected chi connectivity index (χ3v) is 4.30. The van der Waals surface area contributed by atoms with Gasteiger partial charge in [-0.2, -0.15) is 0 Å². The summed E-state index contributed by atoms with van der Waals surface area (Å²) in [5, 5.41) is 3.49. The quantitative estimate of drug-likeness (QED) is 0.715. The molecule has 1 fully saturated rings. The molecular formula is C20H22ClNO4. The van der Waals surface area contributed by atoms with E-state index in [4.69, 9.17) is 25.8 Å². The zero-order valence-electron chi connectivity index (χ0n) is 14.4. The van der Waals surface area contributed by atoms with Crippen molar-refractivity contribution in [2.75, 3.05) is 26.4 Å². The molecule has 2 aromatic carbocycles. The second-order valence-electron chi connectivity index (χ2n) is 6.03. The first-order chi connectivity index (χ1) is 12.7. The molecule has 1 heterocycles. The van der Waals surface area contributed by atoms with Gasteiger partial charge < -0.3 is 19.5 Å². The Bertz CT molecular complexity index is 697. The summed E-state index contributed by atoms with van der Waals surface area (Å²) in [5.74, 6) is 1.31. The fraction of sp³-hybridized carbons (Fsp3) is 0.350. The average Bonchev–Trinajstić information content (AvgIpc) is 3.19. The molecule has 0 aromatic heterocycles. The number of rotatable bonds is 8. The van der Waals surface area contributed by atoms with Gasteiger partial charge in [0.25, 0.3) is 5.91 Å². The predicted molar refractivity (Wildman–Crippen MR) is 100 cm³/mol. The normalized spacial score (nSPS) is 16.3. The van der Waals surface area contributed by atoms with Gasteiger partial charge >= 0.3 is 0 Å². The van der Waals surface area contributed by atoms with Crippen LogP contribution in [-0.4, -0.2) is 38.4 Å². The Balaban J connectivity index is 1.37. The van der Waals surface area contributed by atoms with Crippen LogP contribution in [0, 0.1) is 0 Å². The lowest BCUT2D eigenvalue weighted by atomic mass is 10.2.